The van der Waals surface area contributed by atoms with Crippen molar-refractivity contribution >= 4 is 5.91 Å². The molecule has 0 spiro atoms. The predicted octanol–water partition coefficient (Wildman–Crippen LogP) is 0.135. The van der Waals surface area contributed by atoms with Crippen molar-refractivity contribution in [2.45, 2.75) is 19.8 Å². The van der Waals surface area contributed by atoms with Crippen LogP contribution in [-0.2, 0) is 4.79 Å². The molecule has 0 saturated carbocycles. The fraction of sp³-hybridized carbons (Fsp3) is 0.900. The summed E-state index contributed by atoms with van der Waals surface area (Å²) in [6, 6.07) is 0. The van der Waals surface area contributed by atoms with E-state index in [0.717, 1.165) is 32.6 Å². The Kier molecular flexibility index (Phi) is 7.42. The van der Waals surface area contributed by atoms with Gasteiger partial charge in [-0.3, -0.25) is 4.79 Å². The van der Waals surface area contributed by atoms with Crippen molar-refractivity contribution in [3.05, 3.63) is 0 Å². The van der Waals surface area contributed by atoms with Crippen LogP contribution in [0.3, 0.4) is 0 Å². The lowest BCUT2D eigenvalue weighted by atomic mass is 10.3. The van der Waals surface area contributed by atoms with Gasteiger partial charge >= 0.3 is 0 Å². The average Bonchev–Trinajstić information content (AvgIpc) is 2.17. The van der Waals surface area contributed by atoms with Crippen LogP contribution in [-0.4, -0.2) is 56.0 Å². The monoisotopic (exact) mass is 201 g/mol. The van der Waals surface area contributed by atoms with Gasteiger partial charge in [0.1, 0.15) is 0 Å². The molecule has 4 nitrogen and oxygen atoms in total. The summed E-state index contributed by atoms with van der Waals surface area (Å²) in [5.74, 6) is 0.191. The van der Waals surface area contributed by atoms with Crippen LogP contribution < -0.4 is 5.73 Å². The van der Waals surface area contributed by atoms with E-state index in [2.05, 4.69) is 11.8 Å². The Morgan fingerprint density at radius 1 is 1.29 bits per heavy atom. The first kappa shape index (κ1) is 13.4. The van der Waals surface area contributed by atoms with E-state index >= 15 is 0 Å². The number of amides is 1. The summed E-state index contributed by atoms with van der Waals surface area (Å²) in [6.45, 7) is 5.65. The molecule has 0 saturated heterocycles. The molecule has 0 unspecified atom stereocenters. The minimum Gasteiger partial charge on any atom is -0.349 e. The third-order valence-corrected chi connectivity index (χ3v) is 2.27. The molecule has 0 fully saturated rings. The average molecular weight is 201 g/mol. The fourth-order valence-electron chi connectivity index (χ4n) is 1.22. The van der Waals surface area contributed by atoms with Gasteiger partial charge in [-0.1, -0.05) is 6.92 Å². The van der Waals surface area contributed by atoms with Crippen molar-refractivity contribution in [1.29, 1.82) is 0 Å². The molecule has 4 heteroatoms. The number of hydrogen-bond donors (Lipinski definition) is 1. The van der Waals surface area contributed by atoms with Gasteiger partial charge < -0.3 is 15.5 Å². The second-order valence-corrected chi connectivity index (χ2v) is 3.61. The van der Waals surface area contributed by atoms with Gasteiger partial charge in [0, 0.05) is 27.1 Å². The smallest absolute Gasteiger partial charge is 0.223 e. The largest absolute Gasteiger partial charge is 0.349 e. The van der Waals surface area contributed by atoms with Gasteiger partial charge in [0.15, 0.2) is 0 Å². The molecule has 0 rings (SSSR count). The van der Waals surface area contributed by atoms with Crippen molar-refractivity contribution in [2.75, 3.05) is 40.3 Å². The van der Waals surface area contributed by atoms with E-state index in [-0.39, 0.29) is 5.91 Å². The summed E-state index contributed by atoms with van der Waals surface area (Å²) in [5.41, 5.74) is 5.43. The minimum absolute atomic E-state index is 0.191. The highest BCUT2D eigenvalue weighted by molar-refractivity contribution is 5.75. The minimum atomic E-state index is 0.191. The van der Waals surface area contributed by atoms with E-state index in [9.17, 15) is 4.79 Å². The third-order valence-electron chi connectivity index (χ3n) is 2.27. The van der Waals surface area contributed by atoms with E-state index < -0.39 is 0 Å². The zero-order chi connectivity index (χ0) is 11.0. The van der Waals surface area contributed by atoms with Gasteiger partial charge in [-0.05, 0) is 26.1 Å². The first-order valence-corrected chi connectivity index (χ1v) is 5.24. The Morgan fingerprint density at radius 2 is 1.93 bits per heavy atom. The van der Waals surface area contributed by atoms with Crippen LogP contribution in [0, 0.1) is 0 Å². The van der Waals surface area contributed by atoms with Crippen LogP contribution in [0.25, 0.3) is 0 Å². The van der Waals surface area contributed by atoms with Gasteiger partial charge in [-0.25, -0.2) is 0 Å². The summed E-state index contributed by atoms with van der Waals surface area (Å²) in [5, 5.41) is 0. The number of nitrogens with zero attached hydrogens (tertiary/aromatic N) is 2. The first-order valence-electron chi connectivity index (χ1n) is 5.24. The molecule has 14 heavy (non-hydrogen) atoms. The molecule has 0 aliphatic heterocycles. The summed E-state index contributed by atoms with van der Waals surface area (Å²) < 4.78 is 0. The van der Waals surface area contributed by atoms with E-state index in [1.54, 1.807) is 19.0 Å². The van der Waals surface area contributed by atoms with Crippen molar-refractivity contribution in [2.24, 2.45) is 5.73 Å². The summed E-state index contributed by atoms with van der Waals surface area (Å²) in [7, 11) is 3.58. The maximum absolute atomic E-state index is 11.3. The fourth-order valence-corrected chi connectivity index (χ4v) is 1.22. The van der Waals surface area contributed by atoms with Gasteiger partial charge in [-0.2, -0.15) is 0 Å². The van der Waals surface area contributed by atoms with Crippen molar-refractivity contribution in [1.82, 2.24) is 9.80 Å². The normalized spacial score (nSPS) is 10.6. The van der Waals surface area contributed by atoms with Gasteiger partial charge in [-0.15, -0.1) is 0 Å². The Labute approximate surface area is 87.0 Å². The van der Waals surface area contributed by atoms with Crippen LogP contribution in [0.1, 0.15) is 19.8 Å². The van der Waals surface area contributed by atoms with Gasteiger partial charge in [0.2, 0.25) is 5.91 Å². The van der Waals surface area contributed by atoms with Crippen molar-refractivity contribution in [3.8, 4) is 0 Å². The predicted molar refractivity (Wildman–Crippen MR) is 59.1 cm³/mol. The first-order chi connectivity index (χ1) is 6.61. The van der Waals surface area contributed by atoms with E-state index in [0.29, 0.717) is 6.42 Å². The van der Waals surface area contributed by atoms with E-state index in [1.165, 1.54) is 0 Å². The molecule has 0 aromatic rings. The molecule has 0 aromatic heterocycles. The lowest BCUT2D eigenvalue weighted by molar-refractivity contribution is -0.129. The SMILES string of the molecule is CCN(CCCN)CCC(=O)N(C)C. The Hall–Kier alpha value is -0.610. The van der Waals surface area contributed by atoms with Crippen molar-refractivity contribution < 1.29 is 4.79 Å². The molecule has 0 heterocycles. The molecule has 1 amide bonds. The van der Waals surface area contributed by atoms with Crippen LogP contribution in [0.5, 0.6) is 0 Å². The molecule has 0 aromatic carbocycles. The number of rotatable bonds is 7. The molecule has 0 aliphatic carbocycles. The maximum atomic E-state index is 11.3. The zero-order valence-electron chi connectivity index (χ0n) is 9.62. The highest BCUT2D eigenvalue weighted by atomic mass is 16.2. The Bertz CT molecular complexity index is 159. The Morgan fingerprint density at radius 3 is 2.36 bits per heavy atom. The number of carbonyl (C=O) groups is 1. The highest BCUT2D eigenvalue weighted by Crippen LogP contribution is 1.95. The molecule has 84 valence electrons. The van der Waals surface area contributed by atoms with Gasteiger partial charge in [0.25, 0.3) is 0 Å². The molecule has 0 radical (unpaired) electrons. The molecule has 0 bridgehead atoms. The number of carbonyl (C=O) groups excluding carboxylic acids is 1. The molecule has 0 atom stereocenters. The standard InChI is InChI=1S/C10H23N3O/c1-4-13(8-5-7-11)9-6-10(14)12(2)3/h4-9,11H2,1-3H3. The highest BCUT2D eigenvalue weighted by Gasteiger charge is 2.07. The van der Waals surface area contributed by atoms with Crippen LogP contribution in [0.2, 0.25) is 0 Å². The van der Waals surface area contributed by atoms with Crippen LogP contribution in [0.4, 0.5) is 0 Å². The summed E-state index contributed by atoms with van der Waals surface area (Å²) in [4.78, 5) is 15.2. The quantitative estimate of drug-likeness (QED) is 0.637. The zero-order valence-corrected chi connectivity index (χ0v) is 9.62. The second kappa shape index (κ2) is 7.76. The molecule has 2 N–H and O–H groups in total. The topological polar surface area (TPSA) is 49.6 Å². The molecular formula is C10H23N3O. The van der Waals surface area contributed by atoms with Gasteiger partial charge in [0.05, 0.1) is 0 Å². The summed E-state index contributed by atoms with van der Waals surface area (Å²) >= 11 is 0. The van der Waals surface area contributed by atoms with Crippen molar-refractivity contribution in [3.63, 3.8) is 0 Å². The second-order valence-electron chi connectivity index (χ2n) is 3.61. The lowest BCUT2D eigenvalue weighted by Gasteiger charge is -2.20. The van der Waals surface area contributed by atoms with E-state index in [1.807, 2.05) is 0 Å². The number of nitrogens with two attached hydrogens (primary N) is 1. The summed E-state index contributed by atoms with van der Waals surface area (Å²) in [6.07, 6.45) is 1.61. The number of hydrogen-bond acceptors (Lipinski definition) is 3. The van der Waals surface area contributed by atoms with Crippen LogP contribution in [0.15, 0.2) is 0 Å². The maximum Gasteiger partial charge on any atom is 0.223 e. The van der Waals surface area contributed by atoms with Crippen LogP contribution >= 0.6 is 0 Å². The lowest BCUT2D eigenvalue weighted by Crippen LogP contribution is -2.31. The van der Waals surface area contributed by atoms with E-state index in [4.69, 9.17) is 5.73 Å². The Balaban J connectivity index is 3.66. The molecular weight excluding hydrogens is 178 g/mol. The molecule has 0 aliphatic rings. The third kappa shape index (κ3) is 5.94.